The van der Waals surface area contributed by atoms with Crippen LogP contribution < -0.4 is 0 Å². The molecule has 138 valence electrons. The fraction of sp³-hybridized carbons (Fsp3) is 0.611. The van der Waals surface area contributed by atoms with E-state index in [0.717, 1.165) is 12.8 Å². The molecule has 7 heteroatoms. The molecule has 1 aliphatic rings. The monoisotopic (exact) mass is 349 g/mol. The van der Waals surface area contributed by atoms with Crippen LogP contribution in [-0.4, -0.2) is 70.1 Å². The Morgan fingerprint density at radius 3 is 2.56 bits per heavy atom. The first-order chi connectivity index (χ1) is 11.7. The molecule has 0 aromatic carbocycles. The number of esters is 1. The second kappa shape index (κ2) is 7.82. The SMILES string of the molecule is CN(CC(=O)OC(C)(C)C)C1CCN(C(=O)c2ncccc2O)CC1. The van der Waals surface area contributed by atoms with E-state index < -0.39 is 5.60 Å². The van der Waals surface area contributed by atoms with Crippen molar-refractivity contribution in [1.29, 1.82) is 0 Å². The van der Waals surface area contributed by atoms with Crippen molar-refractivity contribution in [3.63, 3.8) is 0 Å². The van der Waals surface area contributed by atoms with Gasteiger partial charge in [-0.3, -0.25) is 14.5 Å². The van der Waals surface area contributed by atoms with Crippen LogP contribution >= 0.6 is 0 Å². The van der Waals surface area contributed by atoms with Crippen LogP contribution in [0, 0.1) is 0 Å². The van der Waals surface area contributed by atoms with Crippen molar-refractivity contribution >= 4 is 11.9 Å². The number of ether oxygens (including phenoxy) is 1. The summed E-state index contributed by atoms with van der Waals surface area (Å²) in [7, 11) is 1.90. The standard InChI is InChI=1S/C18H27N3O4/c1-18(2,3)25-15(23)12-20(4)13-7-10-21(11-8-13)17(24)16-14(22)6-5-9-19-16/h5-6,9,13,22H,7-8,10-12H2,1-4H3. The zero-order chi connectivity index (χ0) is 18.6. The maximum atomic E-state index is 12.4. The number of pyridine rings is 1. The smallest absolute Gasteiger partial charge is 0.320 e. The van der Waals surface area contributed by atoms with Gasteiger partial charge in [-0.25, -0.2) is 4.98 Å². The van der Waals surface area contributed by atoms with Gasteiger partial charge in [0.15, 0.2) is 5.69 Å². The number of carbonyl (C=O) groups is 2. The summed E-state index contributed by atoms with van der Waals surface area (Å²) in [6.07, 6.45) is 3.02. The van der Waals surface area contributed by atoms with Gasteiger partial charge in [-0.1, -0.05) is 0 Å². The molecule has 0 aliphatic carbocycles. The largest absolute Gasteiger partial charge is 0.505 e. The molecule has 2 rings (SSSR count). The number of aromatic hydroxyl groups is 1. The normalized spacial score (nSPS) is 16.1. The maximum absolute atomic E-state index is 12.4. The minimum atomic E-state index is -0.488. The predicted octanol–water partition coefficient (Wildman–Crippen LogP) is 1.67. The Morgan fingerprint density at radius 2 is 2.00 bits per heavy atom. The summed E-state index contributed by atoms with van der Waals surface area (Å²) in [6.45, 7) is 6.92. The molecule has 1 amide bonds. The number of piperidine rings is 1. The Morgan fingerprint density at radius 1 is 1.36 bits per heavy atom. The molecule has 0 radical (unpaired) electrons. The van der Waals surface area contributed by atoms with Crippen LogP contribution in [0.3, 0.4) is 0 Å². The van der Waals surface area contributed by atoms with E-state index in [9.17, 15) is 14.7 Å². The van der Waals surface area contributed by atoms with Crippen molar-refractivity contribution in [3.05, 3.63) is 24.0 Å². The van der Waals surface area contributed by atoms with Crippen LogP contribution in [0.25, 0.3) is 0 Å². The lowest BCUT2D eigenvalue weighted by atomic mass is 10.0. The van der Waals surface area contributed by atoms with Gasteiger partial charge in [-0.15, -0.1) is 0 Å². The topological polar surface area (TPSA) is 83.0 Å². The third-order valence-corrected chi connectivity index (χ3v) is 4.16. The van der Waals surface area contributed by atoms with E-state index in [4.69, 9.17) is 4.74 Å². The molecule has 2 heterocycles. The molecule has 0 spiro atoms. The first-order valence-corrected chi connectivity index (χ1v) is 8.53. The molecule has 0 saturated carbocycles. The van der Waals surface area contributed by atoms with Gasteiger partial charge in [0.25, 0.3) is 5.91 Å². The second-order valence-electron chi connectivity index (χ2n) is 7.40. The minimum absolute atomic E-state index is 0.0862. The summed E-state index contributed by atoms with van der Waals surface area (Å²) in [5.41, 5.74) is -0.402. The van der Waals surface area contributed by atoms with Crippen molar-refractivity contribution in [2.75, 3.05) is 26.7 Å². The van der Waals surface area contributed by atoms with Crippen molar-refractivity contribution in [2.45, 2.75) is 45.3 Å². The van der Waals surface area contributed by atoms with Crippen LogP contribution in [0.15, 0.2) is 18.3 Å². The Bertz CT molecular complexity index is 619. The lowest BCUT2D eigenvalue weighted by Gasteiger charge is -2.36. The van der Waals surface area contributed by atoms with Crippen molar-refractivity contribution in [2.24, 2.45) is 0 Å². The molecule has 1 N–H and O–H groups in total. The summed E-state index contributed by atoms with van der Waals surface area (Å²) in [4.78, 5) is 32.0. The molecule has 1 aromatic rings. The average molecular weight is 349 g/mol. The number of carbonyl (C=O) groups excluding carboxylic acids is 2. The number of aromatic nitrogens is 1. The fourth-order valence-electron chi connectivity index (χ4n) is 2.93. The van der Waals surface area contributed by atoms with E-state index in [1.807, 2.05) is 32.7 Å². The fourth-order valence-corrected chi connectivity index (χ4v) is 2.93. The lowest BCUT2D eigenvalue weighted by Crippen LogP contribution is -2.47. The van der Waals surface area contributed by atoms with Gasteiger partial charge >= 0.3 is 5.97 Å². The van der Waals surface area contributed by atoms with E-state index in [-0.39, 0.29) is 35.9 Å². The quantitative estimate of drug-likeness (QED) is 0.833. The number of likely N-dealkylation sites (N-methyl/N-ethyl adjacent to an activating group) is 1. The van der Waals surface area contributed by atoms with Gasteiger partial charge in [-0.05, 0) is 52.8 Å². The van der Waals surface area contributed by atoms with Crippen molar-refractivity contribution < 1.29 is 19.4 Å². The third-order valence-electron chi connectivity index (χ3n) is 4.16. The Kier molecular flexibility index (Phi) is 6.00. The van der Waals surface area contributed by atoms with Gasteiger partial charge in [0.1, 0.15) is 11.4 Å². The Hall–Kier alpha value is -2.15. The first kappa shape index (κ1) is 19.2. The van der Waals surface area contributed by atoms with Crippen molar-refractivity contribution in [3.8, 4) is 5.75 Å². The first-order valence-electron chi connectivity index (χ1n) is 8.53. The highest BCUT2D eigenvalue weighted by Gasteiger charge is 2.29. The van der Waals surface area contributed by atoms with E-state index in [0.29, 0.717) is 13.1 Å². The third kappa shape index (κ3) is 5.42. The summed E-state index contributed by atoms with van der Waals surface area (Å²) < 4.78 is 5.35. The highest BCUT2D eigenvalue weighted by molar-refractivity contribution is 5.94. The van der Waals surface area contributed by atoms with Crippen LogP contribution in [0.5, 0.6) is 5.75 Å². The number of nitrogens with zero attached hydrogens (tertiary/aromatic N) is 3. The molecule has 1 saturated heterocycles. The second-order valence-corrected chi connectivity index (χ2v) is 7.40. The lowest BCUT2D eigenvalue weighted by molar-refractivity contribution is -0.156. The van der Waals surface area contributed by atoms with Gasteiger partial charge in [0.2, 0.25) is 0 Å². The van der Waals surface area contributed by atoms with Crippen LogP contribution in [0.4, 0.5) is 0 Å². The Labute approximate surface area is 148 Å². The number of rotatable bonds is 4. The highest BCUT2D eigenvalue weighted by Crippen LogP contribution is 2.20. The molecule has 0 bridgehead atoms. The molecule has 0 atom stereocenters. The summed E-state index contributed by atoms with van der Waals surface area (Å²) in [5.74, 6) is -0.602. The van der Waals surface area contributed by atoms with Gasteiger partial charge < -0.3 is 14.7 Å². The van der Waals surface area contributed by atoms with Crippen LogP contribution in [0.2, 0.25) is 0 Å². The molecule has 1 fully saturated rings. The number of hydrogen-bond acceptors (Lipinski definition) is 6. The van der Waals surface area contributed by atoms with E-state index in [1.54, 1.807) is 11.0 Å². The zero-order valence-electron chi connectivity index (χ0n) is 15.4. The molecular weight excluding hydrogens is 322 g/mol. The van der Waals surface area contributed by atoms with Gasteiger partial charge in [0, 0.05) is 25.3 Å². The van der Waals surface area contributed by atoms with Gasteiger partial charge in [0.05, 0.1) is 6.54 Å². The molecule has 7 nitrogen and oxygen atoms in total. The average Bonchev–Trinajstić information content (AvgIpc) is 2.53. The van der Waals surface area contributed by atoms with E-state index in [2.05, 4.69) is 4.98 Å². The van der Waals surface area contributed by atoms with E-state index >= 15 is 0 Å². The number of hydrogen-bond donors (Lipinski definition) is 1. The zero-order valence-corrected chi connectivity index (χ0v) is 15.4. The summed E-state index contributed by atoms with van der Waals surface area (Å²) >= 11 is 0. The highest BCUT2D eigenvalue weighted by atomic mass is 16.6. The van der Waals surface area contributed by atoms with Crippen LogP contribution in [0.1, 0.15) is 44.1 Å². The maximum Gasteiger partial charge on any atom is 0.320 e. The summed E-state index contributed by atoms with van der Waals surface area (Å²) in [6, 6.07) is 3.26. The number of likely N-dealkylation sites (tertiary alicyclic amines) is 1. The summed E-state index contributed by atoms with van der Waals surface area (Å²) in [5, 5.41) is 9.77. The minimum Gasteiger partial charge on any atom is -0.505 e. The molecule has 0 unspecified atom stereocenters. The van der Waals surface area contributed by atoms with Gasteiger partial charge in [-0.2, -0.15) is 0 Å². The predicted molar refractivity (Wildman–Crippen MR) is 93.3 cm³/mol. The van der Waals surface area contributed by atoms with E-state index in [1.165, 1.54) is 12.3 Å². The van der Waals surface area contributed by atoms with Crippen molar-refractivity contribution in [1.82, 2.24) is 14.8 Å². The molecule has 1 aliphatic heterocycles. The number of amides is 1. The van der Waals surface area contributed by atoms with Crippen LogP contribution in [-0.2, 0) is 9.53 Å². The molecule has 1 aromatic heterocycles. The molecule has 25 heavy (non-hydrogen) atoms. The molecular formula is C18H27N3O4. The Balaban J connectivity index is 1.86.